The lowest BCUT2D eigenvalue weighted by atomic mass is 9.60. The van der Waals surface area contributed by atoms with E-state index in [9.17, 15) is 23.8 Å². The molecule has 3 nitrogen and oxygen atoms in total. The third kappa shape index (κ3) is 2.42. The van der Waals surface area contributed by atoms with E-state index < -0.39 is 35.0 Å². The zero-order chi connectivity index (χ0) is 15.1. The molecule has 0 saturated heterocycles. The molecule has 0 aromatic heterocycles. The third-order valence-corrected chi connectivity index (χ3v) is 4.33. The Balaban J connectivity index is 2.51. The van der Waals surface area contributed by atoms with Gasteiger partial charge in [0, 0.05) is 5.41 Å². The Morgan fingerprint density at radius 2 is 2.00 bits per heavy atom. The molecule has 5 heteroatoms. The van der Waals surface area contributed by atoms with Gasteiger partial charge in [-0.05, 0) is 36.5 Å². The van der Waals surface area contributed by atoms with Crippen molar-refractivity contribution in [3.8, 4) is 0 Å². The van der Waals surface area contributed by atoms with E-state index in [4.69, 9.17) is 0 Å². The van der Waals surface area contributed by atoms with Crippen molar-refractivity contribution in [3.05, 3.63) is 35.4 Å². The fraction of sp³-hybridized carbons (Fsp3) is 0.533. The Labute approximate surface area is 116 Å². The second-order valence-corrected chi connectivity index (χ2v) is 5.97. The van der Waals surface area contributed by atoms with Crippen LogP contribution in [0.15, 0.2) is 18.2 Å². The van der Waals surface area contributed by atoms with Gasteiger partial charge < -0.3 is 10.2 Å². The molecule has 0 aliphatic heterocycles. The summed E-state index contributed by atoms with van der Waals surface area (Å²) in [6.07, 6.45) is -0.0862. The van der Waals surface area contributed by atoms with E-state index in [1.807, 2.05) is 6.92 Å². The van der Waals surface area contributed by atoms with Gasteiger partial charge in [0.2, 0.25) is 0 Å². The van der Waals surface area contributed by atoms with Gasteiger partial charge in [-0.2, -0.15) is 0 Å². The van der Waals surface area contributed by atoms with Gasteiger partial charge in [0.05, 0.1) is 12.0 Å². The van der Waals surface area contributed by atoms with Gasteiger partial charge in [0.1, 0.15) is 0 Å². The average Bonchev–Trinajstić information content (AvgIpc) is 2.30. The summed E-state index contributed by atoms with van der Waals surface area (Å²) in [6.45, 7) is 3.61. The lowest BCUT2D eigenvalue weighted by Gasteiger charge is -2.45. The summed E-state index contributed by atoms with van der Waals surface area (Å²) in [7, 11) is 0. The largest absolute Gasteiger partial charge is 0.481 e. The van der Waals surface area contributed by atoms with Crippen molar-refractivity contribution < 1.29 is 23.8 Å². The second-order valence-electron chi connectivity index (χ2n) is 5.97. The number of aliphatic hydroxyl groups is 1. The van der Waals surface area contributed by atoms with E-state index >= 15 is 0 Å². The number of benzene rings is 1. The Kier molecular flexibility index (Phi) is 3.82. The number of aliphatic hydroxyl groups excluding tert-OH is 1. The van der Waals surface area contributed by atoms with E-state index in [1.165, 1.54) is 6.07 Å². The van der Waals surface area contributed by atoms with Crippen molar-refractivity contribution in [1.29, 1.82) is 0 Å². The number of hydrogen-bond donors (Lipinski definition) is 2. The predicted molar refractivity (Wildman–Crippen MR) is 69.2 cm³/mol. The minimum Gasteiger partial charge on any atom is -0.481 e. The molecule has 2 N–H and O–H groups in total. The maximum Gasteiger partial charge on any atom is 0.310 e. The molecule has 110 valence electrons. The van der Waals surface area contributed by atoms with Crippen LogP contribution in [0, 0.1) is 23.5 Å². The van der Waals surface area contributed by atoms with Crippen molar-refractivity contribution in [1.82, 2.24) is 0 Å². The van der Waals surface area contributed by atoms with Gasteiger partial charge in [-0.1, -0.05) is 19.9 Å². The summed E-state index contributed by atoms with van der Waals surface area (Å²) < 4.78 is 26.5. The molecule has 1 aromatic carbocycles. The fourth-order valence-corrected chi connectivity index (χ4v) is 3.49. The van der Waals surface area contributed by atoms with Crippen molar-refractivity contribution in [2.45, 2.75) is 38.2 Å². The minimum absolute atomic E-state index is 0.110. The van der Waals surface area contributed by atoms with Gasteiger partial charge in [-0.25, -0.2) is 8.78 Å². The summed E-state index contributed by atoms with van der Waals surface area (Å²) >= 11 is 0. The molecule has 1 aromatic rings. The van der Waals surface area contributed by atoms with E-state index in [1.54, 1.807) is 6.92 Å². The van der Waals surface area contributed by atoms with Crippen LogP contribution in [0.3, 0.4) is 0 Å². The standard InChI is InChI=1S/C15H18F2O3/c1-8-5-12(18)13(14(19)20)15(2,7-8)9-3-4-10(16)11(17)6-9/h3-4,6,8,12-13,18H,5,7H2,1-2H3,(H,19,20). The Morgan fingerprint density at radius 1 is 1.35 bits per heavy atom. The molecule has 0 bridgehead atoms. The van der Waals surface area contributed by atoms with Crippen LogP contribution in [0.2, 0.25) is 0 Å². The lowest BCUT2D eigenvalue weighted by Crippen LogP contribution is -2.50. The number of aliphatic carboxylic acids is 1. The molecule has 0 amide bonds. The normalized spacial score (nSPS) is 34.0. The number of rotatable bonds is 2. The second kappa shape index (κ2) is 5.13. The van der Waals surface area contributed by atoms with Gasteiger partial charge >= 0.3 is 5.97 Å². The highest BCUT2D eigenvalue weighted by atomic mass is 19.2. The quantitative estimate of drug-likeness (QED) is 0.878. The minimum atomic E-state index is -1.11. The number of halogens is 2. The van der Waals surface area contributed by atoms with Crippen LogP contribution in [0.25, 0.3) is 0 Å². The molecular formula is C15H18F2O3. The highest BCUT2D eigenvalue weighted by molar-refractivity contribution is 5.73. The Morgan fingerprint density at radius 3 is 2.55 bits per heavy atom. The molecule has 0 heterocycles. The van der Waals surface area contributed by atoms with Crippen LogP contribution in [0.1, 0.15) is 32.3 Å². The number of carbonyl (C=O) groups is 1. The maximum atomic E-state index is 13.4. The van der Waals surface area contributed by atoms with Gasteiger partial charge in [-0.3, -0.25) is 4.79 Å². The SMILES string of the molecule is CC1CC(O)C(C(=O)O)C(C)(c2ccc(F)c(F)c2)C1. The first-order chi connectivity index (χ1) is 9.25. The summed E-state index contributed by atoms with van der Waals surface area (Å²) in [5, 5.41) is 19.5. The maximum absolute atomic E-state index is 13.4. The van der Waals surface area contributed by atoms with E-state index in [-0.39, 0.29) is 5.92 Å². The molecule has 2 rings (SSSR count). The number of carboxylic acids is 1. The first kappa shape index (κ1) is 14.9. The zero-order valence-electron chi connectivity index (χ0n) is 11.4. The van der Waals surface area contributed by atoms with Crippen molar-refractivity contribution >= 4 is 5.97 Å². The molecule has 1 saturated carbocycles. The topological polar surface area (TPSA) is 57.5 Å². The van der Waals surface area contributed by atoms with Crippen LogP contribution in [-0.2, 0) is 10.2 Å². The molecule has 20 heavy (non-hydrogen) atoms. The molecular weight excluding hydrogens is 266 g/mol. The van der Waals surface area contributed by atoms with Crippen LogP contribution < -0.4 is 0 Å². The van der Waals surface area contributed by atoms with Crippen LogP contribution in [0.4, 0.5) is 8.78 Å². The number of carboxylic acid groups (broad SMARTS) is 1. The molecule has 4 unspecified atom stereocenters. The molecule has 0 spiro atoms. The number of hydrogen-bond acceptors (Lipinski definition) is 2. The first-order valence-corrected chi connectivity index (χ1v) is 6.62. The zero-order valence-corrected chi connectivity index (χ0v) is 11.4. The molecule has 1 fully saturated rings. The van der Waals surface area contributed by atoms with Crippen molar-refractivity contribution in [2.24, 2.45) is 11.8 Å². The van der Waals surface area contributed by atoms with Crippen LogP contribution in [0.5, 0.6) is 0 Å². The monoisotopic (exact) mass is 284 g/mol. The fourth-order valence-electron chi connectivity index (χ4n) is 3.49. The van der Waals surface area contributed by atoms with Crippen molar-refractivity contribution in [2.75, 3.05) is 0 Å². The first-order valence-electron chi connectivity index (χ1n) is 6.62. The predicted octanol–water partition coefficient (Wildman–Crippen LogP) is 2.71. The molecule has 1 aliphatic rings. The van der Waals surface area contributed by atoms with Crippen LogP contribution in [-0.4, -0.2) is 22.3 Å². The van der Waals surface area contributed by atoms with E-state index in [0.717, 1.165) is 12.1 Å². The highest BCUT2D eigenvalue weighted by Crippen LogP contribution is 2.46. The third-order valence-electron chi connectivity index (χ3n) is 4.33. The summed E-state index contributed by atoms with van der Waals surface area (Å²) in [4.78, 5) is 11.5. The van der Waals surface area contributed by atoms with E-state index in [0.29, 0.717) is 18.4 Å². The van der Waals surface area contributed by atoms with Gasteiger partial charge in [-0.15, -0.1) is 0 Å². The van der Waals surface area contributed by atoms with Gasteiger partial charge in [0.25, 0.3) is 0 Å². The summed E-state index contributed by atoms with van der Waals surface area (Å²) in [6, 6.07) is 3.44. The Bertz CT molecular complexity index is 532. The molecule has 0 radical (unpaired) electrons. The average molecular weight is 284 g/mol. The van der Waals surface area contributed by atoms with E-state index in [2.05, 4.69) is 0 Å². The smallest absolute Gasteiger partial charge is 0.310 e. The molecule has 1 aliphatic carbocycles. The summed E-state index contributed by atoms with van der Waals surface area (Å²) in [5.41, 5.74) is -0.508. The summed E-state index contributed by atoms with van der Waals surface area (Å²) in [5.74, 6) is -3.99. The van der Waals surface area contributed by atoms with Crippen LogP contribution >= 0.6 is 0 Å². The lowest BCUT2D eigenvalue weighted by molar-refractivity contribution is -0.153. The molecule has 4 atom stereocenters. The highest BCUT2D eigenvalue weighted by Gasteiger charge is 2.49. The van der Waals surface area contributed by atoms with Gasteiger partial charge in [0.15, 0.2) is 11.6 Å². The van der Waals surface area contributed by atoms with Crippen molar-refractivity contribution in [3.63, 3.8) is 0 Å². The Hall–Kier alpha value is -1.49.